The molecule has 8 heteroatoms. The highest BCUT2D eigenvalue weighted by Crippen LogP contribution is 2.18. The molecular weight excluding hydrogens is 407 g/mol. The van der Waals surface area contributed by atoms with Crippen molar-refractivity contribution in [3.05, 3.63) is 88.0 Å². The van der Waals surface area contributed by atoms with Gasteiger partial charge in [0, 0.05) is 42.8 Å². The topological polar surface area (TPSA) is 67.2 Å². The van der Waals surface area contributed by atoms with E-state index in [-0.39, 0.29) is 24.0 Å². The molecule has 0 spiro atoms. The number of carbonyl (C=O) groups excluding carboxylic acids is 2. The van der Waals surface area contributed by atoms with Crippen LogP contribution in [0.2, 0.25) is 5.02 Å². The second kappa shape index (κ2) is 8.67. The van der Waals surface area contributed by atoms with Gasteiger partial charge in [-0.1, -0.05) is 41.9 Å². The Hall–Kier alpha value is -3.19. The van der Waals surface area contributed by atoms with Crippen LogP contribution in [0.1, 0.15) is 38.5 Å². The fourth-order valence-electron chi connectivity index (χ4n) is 3.41. The number of halogens is 2. The average molecular weight is 427 g/mol. The summed E-state index contributed by atoms with van der Waals surface area (Å²) < 4.78 is 15.3. The first-order valence-corrected chi connectivity index (χ1v) is 10.0. The summed E-state index contributed by atoms with van der Waals surface area (Å²) in [5.41, 5.74) is 1.88. The molecule has 0 bridgehead atoms. The Labute approximate surface area is 178 Å². The van der Waals surface area contributed by atoms with Crippen molar-refractivity contribution in [2.45, 2.75) is 26.1 Å². The normalized spacial score (nSPS) is 13.7. The van der Waals surface area contributed by atoms with Crippen LogP contribution in [0.4, 0.5) is 4.39 Å². The summed E-state index contributed by atoms with van der Waals surface area (Å²) >= 11 is 5.93. The number of rotatable bonds is 5. The Bertz CT molecular complexity index is 1080. The van der Waals surface area contributed by atoms with Gasteiger partial charge in [0.1, 0.15) is 11.5 Å². The van der Waals surface area contributed by atoms with Crippen molar-refractivity contribution < 1.29 is 14.0 Å². The zero-order chi connectivity index (χ0) is 21.1. The number of benzene rings is 2. The van der Waals surface area contributed by atoms with Crippen molar-refractivity contribution in [1.82, 2.24) is 20.0 Å². The van der Waals surface area contributed by atoms with E-state index in [9.17, 15) is 14.0 Å². The number of amides is 2. The minimum Gasteiger partial charge on any atom is -0.346 e. The molecule has 0 fully saturated rings. The van der Waals surface area contributed by atoms with Gasteiger partial charge in [-0.2, -0.15) is 5.10 Å². The third kappa shape index (κ3) is 4.36. The molecule has 6 nitrogen and oxygen atoms in total. The fourth-order valence-corrected chi connectivity index (χ4v) is 3.54. The third-order valence-electron chi connectivity index (χ3n) is 5.00. The van der Waals surface area contributed by atoms with Gasteiger partial charge in [-0.15, -0.1) is 0 Å². The van der Waals surface area contributed by atoms with Gasteiger partial charge in [0.15, 0.2) is 5.69 Å². The Morgan fingerprint density at radius 2 is 1.90 bits per heavy atom. The van der Waals surface area contributed by atoms with Gasteiger partial charge in [0.2, 0.25) is 0 Å². The van der Waals surface area contributed by atoms with Gasteiger partial charge >= 0.3 is 0 Å². The zero-order valence-corrected chi connectivity index (χ0v) is 16.9. The number of fused-ring (bicyclic) bond motifs is 1. The van der Waals surface area contributed by atoms with E-state index in [4.69, 9.17) is 11.6 Å². The van der Waals surface area contributed by atoms with Crippen LogP contribution in [0, 0.1) is 5.82 Å². The number of nitrogens with zero attached hydrogens (tertiary/aromatic N) is 3. The van der Waals surface area contributed by atoms with Gasteiger partial charge in [-0.25, -0.2) is 4.39 Å². The molecule has 3 aromatic rings. The summed E-state index contributed by atoms with van der Waals surface area (Å²) in [6.07, 6.45) is 0.726. The highest BCUT2D eigenvalue weighted by atomic mass is 35.5. The first-order valence-electron chi connectivity index (χ1n) is 9.64. The predicted molar refractivity (Wildman–Crippen MR) is 111 cm³/mol. The number of carbonyl (C=O) groups is 2. The van der Waals surface area contributed by atoms with Crippen molar-refractivity contribution in [1.29, 1.82) is 0 Å². The number of hydrogen-bond acceptors (Lipinski definition) is 3. The highest BCUT2D eigenvalue weighted by molar-refractivity contribution is 6.30. The lowest BCUT2D eigenvalue weighted by atomic mass is 10.2. The first-order chi connectivity index (χ1) is 14.5. The molecule has 1 aliphatic rings. The Morgan fingerprint density at radius 1 is 1.13 bits per heavy atom. The van der Waals surface area contributed by atoms with Gasteiger partial charge in [-0.3, -0.25) is 14.3 Å². The van der Waals surface area contributed by atoms with Gasteiger partial charge in [0.25, 0.3) is 11.8 Å². The summed E-state index contributed by atoms with van der Waals surface area (Å²) in [4.78, 5) is 27.3. The Kier molecular flexibility index (Phi) is 5.81. The van der Waals surface area contributed by atoms with E-state index < -0.39 is 5.91 Å². The summed E-state index contributed by atoms with van der Waals surface area (Å²) in [5.74, 6) is -1.01. The maximum atomic E-state index is 13.7. The quantitative estimate of drug-likeness (QED) is 0.677. The van der Waals surface area contributed by atoms with Gasteiger partial charge in [0.05, 0.1) is 0 Å². The fraction of sp³-hybridized carbons (Fsp3) is 0.227. The maximum Gasteiger partial charge on any atom is 0.272 e. The molecule has 1 N–H and O–H groups in total. The smallest absolute Gasteiger partial charge is 0.272 e. The van der Waals surface area contributed by atoms with Crippen molar-refractivity contribution in [2.24, 2.45) is 0 Å². The van der Waals surface area contributed by atoms with Gasteiger partial charge in [-0.05, 0) is 30.2 Å². The number of hydrogen-bond donors (Lipinski definition) is 1. The molecule has 0 saturated carbocycles. The van der Waals surface area contributed by atoms with Crippen LogP contribution >= 0.6 is 11.6 Å². The second-order valence-corrected chi connectivity index (χ2v) is 7.56. The maximum absolute atomic E-state index is 13.7. The molecule has 0 aliphatic carbocycles. The molecule has 2 heterocycles. The standard InChI is InChI=1S/C22H20ClFN4O2/c23-17-8-6-15(7-9-17)14-27-10-3-11-28-20(22(27)30)12-19(26-28)21(29)25-13-16-4-1-2-5-18(16)24/h1-2,4-9,12H,3,10-11,13-14H2,(H,25,29). The van der Waals surface area contributed by atoms with E-state index in [1.807, 2.05) is 12.1 Å². The van der Waals surface area contributed by atoms with E-state index in [0.717, 1.165) is 12.0 Å². The molecule has 0 saturated heterocycles. The predicted octanol–water partition coefficient (Wildman–Crippen LogP) is 3.65. The molecule has 30 heavy (non-hydrogen) atoms. The van der Waals surface area contributed by atoms with Crippen molar-refractivity contribution in [2.75, 3.05) is 6.54 Å². The lowest BCUT2D eigenvalue weighted by molar-refractivity contribution is 0.0745. The second-order valence-electron chi connectivity index (χ2n) is 7.12. The highest BCUT2D eigenvalue weighted by Gasteiger charge is 2.26. The average Bonchev–Trinajstić information content (AvgIpc) is 3.12. The molecule has 1 aromatic heterocycles. The van der Waals surface area contributed by atoms with E-state index in [0.29, 0.717) is 35.9 Å². The van der Waals surface area contributed by atoms with Crippen LogP contribution in [0.3, 0.4) is 0 Å². The summed E-state index contributed by atoms with van der Waals surface area (Å²) in [6.45, 7) is 1.64. The van der Waals surface area contributed by atoms with E-state index >= 15 is 0 Å². The van der Waals surface area contributed by atoms with Crippen molar-refractivity contribution in [3.63, 3.8) is 0 Å². The van der Waals surface area contributed by atoms with Crippen molar-refractivity contribution in [3.8, 4) is 0 Å². The van der Waals surface area contributed by atoms with E-state index in [1.165, 1.54) is 12.1 Å². The van der Waals surface area contributed by atoms with Crippen LogP contribution in [0.15, 0.2) is 54.6 Å². The van der Waals surface area contributed by atoms with Crippen molar-refractivity contribution >= 4 is 23.4 Å². The van der Waals surface area contributed by atoms with Gasteiger partial charge < -0.3 is 10.2 Å². The minimum absolute atomic E-state index is 0.0460. The molecule has 2 aromatic carbocycles. The molecule has 1 aliphatic heterocycles. The van der Waals surface area contributed by atoms with E-state index in [1.54, 1.807) is 39.9 Å². The van der Waals surface area contributed by atoms with Crippen LogP contribution in [0.5, 0.6) is 0 Å². The molecule has 0 radical (unpaired) electrons. The zero-order valence-electron chi connectivity index (χ0n) is 16.1. The number of aromatic nitrogens is 2. The molecule has 2 amide bonds. The largest absolute Gasteiger partial charge is 0.346 e. The van der Waals surface area contributed by atoms with Crippen LogP contribution in [-0.4, -0.2) is 33.0 Å². The molecule has 0 unspecified atom stereocenters. The van der Waals surface area contributed by atoms with E-state index in [2.05, 4.69) is 10.4 Å². The third-order valence-corrected chi connectivity index (χ3v) is 5.25. The lowest BCUT2D eigenvalue weighted by Crippen LogP contribution is -2.30. The summed E-state index contributed by atoms with van der Waals surface area (Å²) in [6, 6.07) is 15.1. The number of nitrogens with one attached hydrogen (secondary N) is 1. The van der Waals surface area contributed by atoms with Crippen LogP contribution in [0.25, 0.3) is 0 Å². The Morgan fingerprint density at radius 3 is 2.67 bits per heavy atom. The monoisotopic (exact) mass is 426 g/mol. The van der Waals surface area contributed by atoms with Crippen LogP contribution in [-0.2, 0) is 19.6 Å². The molecule has 4 rings (SSSR count). The van der Waals surface area contributed by atoms with Crippen LogP contribution < -0.4 is 5.32 Å². The first kappa shape index (κ1) is 20.1. The lowest BCUT2D eigenvalue weighted by Gasteiger charge is -2.20. The SMILES string of the molecule is O=C(NCc1ccccc1F)c1cc2n(n1)CCCN(Cc1ccc(Cl)cc1)C2=O. The molecule has 154 valence electrons. The number of aryl methyl sites for hydroxylation is 1. The Balaban J connectivity index is 1.47. The molecular formula is C22H20ClFN4O2. The molecule has 0 atom stereocenters. The minimum atomic E-state index is -0.448. The summed E-state index contributed by atoms with van der Waals surface area (Å²) in [5, 5.41) is 7.60. The summed E-state index contributed by atoms with van der Waals surface area (Å²) in [7, 11) is 0.